The topological polar surface area (TPSA) is 69.7 Å². The highest BCUT2D eigenvalue weighted by Crippen LogP contribution is 2.24. The number of carbonyl (C=O) groups excluding carboxylic acids is 3. The third-order valence-corrected chi connectivity index (χ3v) is 6.24. The lowest BCUT2D eigenvalue weighted by atomic mass is 10.0. The molecule has 162 valence electrons. The number of carbonyl (C=O) groups is 3. The maximum Gasteiger partial charge on any atom is 0.251 e. The van der Waals surface area contributed by atoms with Gasteiger partial charge in [0.15, 0.2) is 0 Å². The van der Waals surface area contributed by atoms with E-state index in [0.717, 1.165) is 5.56 Å². The number of halogens is 1. The van der Waals surface area contributed by atoms with Gasteiger partial charge in [0, 0.05) is 49.2 Å². The van der Waals surface area contributed by atoms with Crippen LogP contribution in [0.25, 0.3) is 0 Å². The Morgan fingerprint density at radius 2 is 1.77 bits per heavy atom. The van der Waals surface area contributed by atoms with Crippen LogP contribution in [0.1, 0.15) is 35.2 Å². The lowest BCUT2D eigenvalue weighted by Gasteiger charge is -2.33. The van der Waals surface area contributed by atoms with Crippen molar-refractivity contribution in [3.05, 3.63) is 70.7 Å². The molecule has 2 heterocycles. The van der Waals surface area contributed by atoms with Gasteiger partial charge in [-0.1, -0.05) is 48.0 Å². The first-order chi connectivity index (χ1) is 15.0. The number of hydrogen-bond donors (Lipinski definition) is 1. The van der Waals surface area contributed by atoms with Crippen molar-refractivity contribution < 1.29 is 14.4 Å². The molecule has 6 nitrogen and oxygen atoms in total. The molecule has 4 rings (SSSR count). The van der Waals surface area contributed by atoms with E-state index in [1.54, 1.807) is 29.2 Å². The molecule has 1 unspecified atom stereocenters. The Morgan fingerprint density at radius 3 is 2.48 bits per heavy atom. The van der Waals surface area contributed by atoms with Gasteiger partial charge in [0.25, 0.3) is 5.91 Å². The molecule has 2 aliphatic rings. The summed E-state index contributed by atoms with van der Waals surface area (Å²) in [6.45, 7) is 2.18. The Balaban J connectivity index is 1.26. The second kappa shape index (κ2) is 9.52. The van der Waals surface area contributed by atoms with Gasteiger partial charge in [-0.2, -0.15) is 0 Å². The summed E-state index contributed by atoms with van der Waals surface area (Å²) in [5, 5.41) is 3.56. The van der Waals surface area contributed by atoms with E-state index in [0.29, 0.717) is 49.6 Å². The predicted octanol–water partition coefficient (Wildman–Crippen LogP) is 3.11. The molecule has 31 heavy (non-hydrogen) atoms. The second-order valence-corrected chi connectivity index (χ2v) is 8.68. The quantitative estimate of drug-likeness (QED) is 0.778. The number of benzene rings is 2. The Labute approximate surface area is 187 Å². The maximum absolute atomic E-state index is 13.0. The van der Waals surface area contributed by atoms with Gasteiger partial charge >= 0.3 is 0 Å². The number of hydrogen-bond acceptors (Lipinski definition) is 3. The molecule has 0 saturated carbocycles. The van der Waals surface area contributed by atoms with Crippen LogP contribution in [0.5, 0.6) is 0 Å². The first-order valence-electron chi connectivity index (χ1n) is 10.7. The van der Waals surface area contributed by atoms with Crippen molar-refractivity contribution in [2.75, 3.05) is 19.6 Å². The highest BCUT2D eigenvalue weighted by atomic mass is 35.5. The largest absolute Gasteiger partial charge is 0.349 e. The average molecular weight is 440 g/mol. The standard InChI is InChI=1S/C24H26ClN3O3/c25-20-8-4-7-18(13-20)23(30)26-21-9-11-27(12-10-21)24(31)19-14-22(29)28(16-19)15-17-5-2-1-3-6-17/h1-8,13,19,21H,9-12,14-16H2,(H,26,30). The fourth-order valence-electron chi connectivity index (χ4n) is 4.30. The van der Waals surface area contributed by atoms with Crippen LogP contribution >= 0.6 is 11.6 Å². The van der Waals surface area contributed by atoms with Gasteiger partial charge in [0.05, 0.1) is 5.92 Å². The van der Waals surface area contributed by atoms with E-state index in [1.807, 2.05) is 35.2 Å². The fraction of sp³-hybridized carbons (Fsp3) is 0.375. The van der Waals surface area contributed by atoms with E-state index in [-0.39, 0.29) is 36.1 Å². The lowest BCUT2D eigenvalue weighted by molar-refractivity contribution is -0.136. The maximum atomic E-state index is 13.0. The van der Waals surface area contributed by atoms with Crippen molar-refractivity contribution in [3.63, 3.8) is 0 Å². The van der Waals surface area contributed by atoms with E-state index in [9.17, 15) is 14.4 Å². The Bertz CT molecular complexity index is 958. The molecule has 1 N–H and O–H groups in total. The molecule has 2 aromatic rings. The van der Waals surface area contributed by atoms with Gasteiger partial charge in [-0.05, 0) is 36.6 Å². The molecule has 2 fully saturated rings. The normalized spacial score (nSPS) is 19.5. The zero-order valence-corrected chi connectivity index (χ0v) is 18.1. The molecule has 2 aliphatic heterocycles. The summed E-state index contributed by atoms with van der Waals surface area (Å²) in [4.78, 5) is 41.4. The molecular weight excluding hydrogens is 414 g/mol. The summed E-state index contributed by atoms with van der Waals surface area (Å²) in [5.74, 6) is -0.353. The Hall–Kier alpha value is -2.86. The minimum atomic E-state index is -0.284. The number of amides is 3. The Morgan fingerprint density at radius 1 is 1.03 bits per heavy atom. The predicted molar refractivity (Wildman–Crippen MR) is 118 cm³/mol. The highest BCUT2D eigenvalue weighted by Gasteiger charge is 2.37. The molecule has 0 aliphatic carbocycles. The van der Waals surface area contributed by atoms with Crippen LogP contribution in [0.2, 0.25) is 5.02 Å². The highest BCUT2D eigenvalue weighted by molar-refractivity contribution is 6.30. The van der Waals surface area contributed by atoms with Crippen molar-refractivity contribution in [2.24, 2.45) is 5.92 Å². The van der Waals surface area contributed by atoms with Crippen LogP contribution in [0, 0.1) is 5.92 Å². The third-order valence-electron chi connectivity index (χ3n) is 6.01. The number of likely N-dealkylation sites (tertiary alicyclic amines) is 2. The zero-order valence-electron chi connectivity index (χ0n) is 17.3. The summed E-state index contributed by atoms with van der Waals surface area (Å²) in [7, 11) is 0. The zero-order chi connectivity index (χ0) is 21.8. The molecule has 3 amide bonds. The van der Waals surface area contributed by atoms with Gasteiger partial charge in [-0.3, -0.25) is 14.4 Å². The van der Waals surface area contributed by atoms with Crippen LogP contribution in [0.15, 0.2) is 54.6 Å². The van der Waals surface area contributed by atoms with Crippen LogP contribution in [-0.2, 0) is 16.1 Å². The van der Waals surface area contributed by atoms with E-state index < -0.39 is 0 Å². The number of piperidine rings is 1. The summed E-state index contributed by atoms with van der Waals surface area (Å²) in [6.07, 6.45) is 1.68. The first kappa shape index (κ1) is 21.4. The minimum absolute atomic E-state index is 0.0234. The van der Waals surface area contributed by atoms with Gasteiger partial charge in [0.2, 0.25) is 11.8 Å². The molecule has 0 bridgehead atoms. The first-order valence-corrected chi connectivity index (χ1v) is 11.0. The summed E-state index contributed by atoms with van der Waals surface area (Å²) in [6, 6.07) is 16.7. The van der Waals surface area contributed by atoms with Crippen LogP contribution in [-0.4, -0.2) is 53.2 Å². The number of rotatable bonds is 5. The molecule has 2 aromatic carbocycles. The lowest BCUT2D eigenvalue weighted by Crippen LogP contribution is -2.48. The van der Waals surface area contributed by atoms with Gasteiger partial charge in [0.1, 0.15) is 0 Å². The third kappa shape index (κ3) is 5.25. The number of nitrogens with zero attached hydrogens (tertiary/aromatic N) is 2. The van der Waals surface area contributed by atoms with Crippen LogP contribution in [0.4, 0.5) is 0 Å². The smallest absolute Gasteiger partial charge is 0.251 e. The summed E-state index contributed by atoms with van der Waals surface area (Å²) in [5.41, 5.74) is 1.61. The van der Waals surface area contributed by atoms with Crippen LogP contribution in [0.3, 0.4) is 0 Å². The van der Waals surface area contributed by atoms with Gasteiger partial charge in [-0.15, -0.1) is 0 Å². The van der Waals surface area contributed by atoms with Crippen molar-refractivity contribution in [2.45, 2.75) is 31.8 Å². The van der Waals surface area contributed by atoms with Crippen LogP contribution < -0.4 is 5.32 Å². The van der Waals surface area contributed by atoms with Gasteiger partial charge < -0.3 is 15.1 Å². The minimum Gasteiger partial charge on any atom is -0.349 e. The summed E-state index contributed by atoms with van der Waals surface area (Å²) < 4.78 is 0. The molecule has 2 saturated heterocycles. The van der Waals surface area contributed by atoms with E-state index in [4.69, 9.17) is 11.6 Å². The van der Waals surface area contributed by atoms with E-state index in [2.05, 4.69) is 5.32 Å². The van der Waals surface area contributed by atoms with Crippen molar-refractivity contribution in [1.29, 1.82) is 0 Å². The molecule has 0 spiro atoms. The monoisotopic (exact) mass is 439 g/mol. The van der Waals surface area contributed by atoms with E-state index >= 15 is 0 Å². The Kier molecular flexibility index (Phi) is 6.56. The molecular formula is C24H26ClN3O3. The molecule has 0 radical (unpaired) electrons. The second-order valence-electron chi connectivity index (χ2n) is 8.24. The fourth-order valence-corrected chi connectivity index (χ4v) is 4.49. The number of nitrogens with one attached hydrogen (secondary N) is 1. The molecule has 1 atom stereocenters. The van der Waals surface area contributed by atoms with E-state index in [1.165, 1.54) is 0 Å². The van der Waals surface area contributed by atoms with Gasteiger partial charge in [-0.25, -0.2) is 0 Å². The van der Waals surface area contributed by atoms with Crippen molar-refractivity contribution in [3.8, 4) is 0 Å². The SMILES string of the molecule is O=C(NC1CCN(C(=O)C2CC(=O)N(Cc3ccccc3)C2)CC1)c1cccc(Cl)c1. The molecule has 0 aromatic heterocycles. The molecule has 7 heteroatoms. The van der Waals surface area contributed by atoms with Crippen molar-refractivity contribution >= 4 is 29.3 Å². The van der Waals surface area contributed by atoms with Crippen molar-refractivity contribution in [1.82, 2.24) is 15.1 Å². The summed E-state index contributed by atoms with van der Waals surface area (Å²) >= 11 is 5.96. The average Bonchev–Trinajstić information content (AvgIpc) is 3.14.